The number of unbranched alkanes of at least 4 members (excludes halogenated alkanes) is 4. The van der Waals surface area contributed by atoms with Crippen LogP contribution >= 0.6 is 0 Å². The molecule has 0 aromatic rings. The second-order valence-electron chi connectivity index (χ2n) is 4.19. The molecule has 2 nitrogen and oxygen atoms in total. The third kappa shape index (κ3) is 3.00. The second kappa shape index (κ2) is 6.05. The number of carbonyl (C=O) groups is 1. The van der Waals surface area contributed by atoms with Crippen LogP contribution in [0, 0.1) is 5.92 Å². The van der Waals surface area contributed by atoms with Crippen molar-refractivity contribution in [1.82, 2.24) is 0 Å². The summed E-state index contributed by atoms with van der Waals surface area (Å²) in [4.78, 5) is 11.0. The van der Waals surface area contributed by atoms with Crippen LogP contribution in [0.3, 0.4) is 0 Å². The Hall–Kier alpha value is -0.530. The van der Waals surface area contributed by atoms with Gasteiger partial charge in [0.2, 0.25) is 0 Å². The molecule has 1 aliphatic heterocycles. The Kier molecular flexibility index (Phi) is 4.99. The molecular formula is C12H22O2. The molecule has 2 heteroatoms. The molecule has 14 heavy (non-hydrogen) atoms. The van der Waals surface area contributed by atoms with Crippen molar-refractivity contribution in [2.45, 2.75) is 64.9 Å². The number of esters is 1. The summed E-state index contributed by atoms with van der Waals surface area (Å²) in [5.74, 6) is 0.229. The number of cyclic esters (lactones) is 1. The minimum Gasteiger partial charge on any atom is -0.461 e. The van der Waals surface area contributed by atoms with E-state index in [2.05, 4.69) is 13.8 Å². The fourth-order valence-corrected chi connectivity index (χ4v) is 2.04. The summed E-state index contributed by atoms with van der Waals surface area (Å²) in [6.07, 6.45) is 8.72. The van der Waals surface area contributed by atoms with Crippen LogP contribution in [-0.2, 0) is 9.53 Å². The van der Waals surface area contributed by atoms with E-state index < -0.39 is 0 Å². The van der Waals surface area contributed by atoms with Crippen molar-refractivity contribution in [2.75, 3.05) is 0 Å². The van der Waals surface area contributed by atoms with Crippen molar-refractivity contribution in [3.63, 3.8) is 0 Å². The third-order valence-corrected chi connectivity index (χ3v) is 3.05. The first kappa shape index (κ1) is 11.5. The quantitative estimate of drug-likeness (QED) is 0.463. The van der Waals surface area contributed by atoms with E-state index in [1.54, 1.807) is 0 Å². The van der Waals surface area contributed by atoms with E-state index >= 15 is 0 Å². The average molecular weight is 198 g/mol. The van der Waals surface area contributed by atoms with Gasteiger partial charge in [0.15, 0.2) is 0 Å². The van der Waals surface area contributed by atoms with Gasteiger partial charge in [-0.2, -0.15) is 0 Å². The third-order valence-electron chi connectivity index (χ3n) is 3.05. The van der Waals surface area contributed by atoms with Crippen molar-refractivity contribution in [3.05, 3.63) is 0 Å². The lowest BCUT2D eigenvalue weighted by Crippen LogP contribution is -2.44. The van der Waals surface area contributed by atoms with Gasteiger partial charge in [0.25, 0.3) is 0 Å². The highest BCUT2D eigenvalue weighted by Gasteiger charge is 2.39. The van der Waals surface area contributed by atoms with Crippen LogP contribution in [0.1, 0.15) is 58.8 Å². The molecule has 2 atom stereocenters. The Morgan fingerprint density at radius 2 is 1.86 bits per heavy atom. The first-order valence-electron chi connectivity index (χ1n) is 6.00. The molecule has 0 amide bonds. The van der Waals surface area contributed by atoms with Gasteiger partial charge in [-0.3, -0.25) is 4.79 Å². The van der Waals surface area contributed by atoms with Crippen LogP contribution < -0.4 is 0 Å². The summed E-state index contributed by atoms with van der Waals surface area (Å²) in [5, 5.41) is 0. The predicted octanol–water partition coefficient (Wildman–Crippen LogP) is 3.30. The zero-order valence-electron chi connectivity index (χ0n) is 9.42. The van der Waals surface area contributed by atoms with Gasteiger partial charge < -0.3 is 4.74 Å². The van der Waals surface area contributed by atoms with Crippen LogP contribution in [0.25, 0.3) is 0 Å². The van der Waals surface area contributed by atoms with Crippen LogP contribution in [0.5, 0.6) is 0 Å². The molecule has 0 saturated carbocycles. The lowest BCUT2D eigenvalue weighted by molar-refractivity contribution is -0.185. The normalized spacial score (nSPS) is 25.7. The molecule has 0 bridgehead atoms. The molecule has 1 aliphatic rings. The van der Waals surface area contributed by atoms with Crippen molar-refractivity contribution >= 4 is 5.97 Å². The highest BCUT2D eigenvalue weighted by atomic mass is 16.6. The lowest BCUT2D eigenvalue weighted by Gasteiger charge is -2.34. The molecular weight excluding hydrogens is 176 g/mol. The van der Waals surface area contributed by atoms with E-state index in [1.165, 1.54) is 32.1 Å². The van der Waals surface area contributed by atoms with E-state index in [9.17, 15) is 4.79 Å². The highest BCUT2D eigenvalue weighted by molar-refractivity contribution is 5.78. The summed E-state index contributed by atoms with van der Waals surface area (Å²) in [6, 6.07) is 0. The van der Waals surface area contributed by atoms with E-state index in [0.29, 0.717) is 0 Å². The van der Waals surface area contributed by atoms with Crippen LogP contribution in [-0.4, -0.2) is 12.1 Å². The first-order valence-corrected chi connectivity index (χ1v) is 6.00. The summed E-state index contributed by atoms with van der Waals surface area (Å²) < 4.78 is 5.11. The average Bonchev–Trinajstić information content (AvgIpc) is 2.16. The molecule has 82 valence electrons. The number of hydrogen-bond acceptors (Lipinski definition) is 2. The van der Waals surface area contributed by atoms with Gasteiger partial charge in [0, 0.05) is 0 Å². The molecule has 0 aliphatic carbocycles. The predicted molar refractivity (Wildman–Crippen MR) is 57.0 cm³/mol. The monoisotopic (exact) mass is 198 g/mol. The summed E-state index contributed by atoms with van der Waals surface area (Å²) in [6.45, 7) is 4.29. The molecule has 1 heterocycles. The Labute approximate surface area is 87.0 Å². The van der Waals surface area contributed by atoms with Gasteiger partial charge in [-0.25, -0.2) is 0 Å². The van der Waals surface area contributed by atoms with Crippen molar-refractivity contribution in [3.8, 4) is 0 Å². The summed E-state index contributed by atoms with van der Waals surface area (Å²) >= 11 is 0. The standard InChI is InChI=1S/C12H22O2/c1-3-5-6-7-8-9-11-10(4-2)12(13)14-11/h10-11H,3-9H2,1-2H3/t10-,11+/m1/s1. The Bertz CT molecular complexity index is 177. The van der Waals surface area contributed by atoms with Crippen LogP contribution in [0.2, 0.25) is 0 Å². The molecule has 1 fully saturated rings. The van der Waals surface area contributed by atoms with E-state index in [4.69, 9.17) is 4.74 Å². The van der Waals surface area contributed by atoms with Crippen molar-refractivity contribution < 1.29 is 9.53 Å². The minimum atomic E-state index is 0.0195. The fraction of sp³-hybridized carbons (Fsp3) is 0.917. The molecule has 1 rings (SSSR count). The summed E-state index contributed by atoms with van der Waals surface area (Å²) in [5.41, 5.74) is 0. The largest absolute Gasteiger partial charge is 0.461 e. The lowest BCUT2D eigenvalue weighted by atomic mass is 9.90. The second-order valence-corrected chi connectivity index (χ2v) is 4.19. The zero-order valence-corrected chi connectivity index (χ0v) is 9.42. The van der Waals surface area contributed by atoms with Gasteiger partial charge in [-0.15, -0.1) is 0 Å². The molecule has 1 saturated heterocycles. The van der Waals surface area contributed by atoms with Crippen molar-refractivity contribution in [2.24, 2.45) is 5.92 Å². The van der Waals surface area contributed by atoms with Gasteiger partial charge >= 0.3 is 5.97 Å². The molecule has 0 radical (unpaired) electrons. The molecule has 0 aromatic heterocycles. The maximum atomic E-state index is 11.0. The Morgan fingerprint density at radius 3 is 2.43 bits per heavy atom. The topological polar surface area (TPSA) is 26.3 Å². The van der Waals surface area contributed by atoms with Gasteiger partial charge in [-0.1, -0.05) is 39.5 Å². The number of rotatable bonds is 7. The number of hydrogen-bond donors (Lipinski definition) is 0. The SMILES string of the molecule is CCCCCCC[C@@H]1OC(=O)[C@@H]1CC. The molecule has 0 unspecified atom stereocenters. The van der Waals surface area contributed by atoms with Crippen LogP contribution in [0.4, 0.5) is 0 Å². The van der Waals surface area contributed by atoms with Gasteiger partial charge in [-0.05, 0) is 19.3 Å². The van der Waals surface area contributed by atoms with Gasteiger partial charge in [0.05, 0.1) is 5.92 Å². The maximum absolute atomic E-state index is 11.0. The highest BCUT2D eigenvalue weighted by Crippen LogP contribution is 2.29. The van der Waals surface area contributed by atoms with E-state index in [0.717, 1.165) is 12.8 Å². The Morgan fingerprint density at radius 1 is 1.14 bits per heavy atom. The minimum absolute atomic E-state index is 0.0195. The fourth-order valence-electron chi connectivity index (χ4n) is 2.04. The number of carbonyl (C=O) groups excluding carboxylic acids is 1. The smallest absolute Gasteiger partial charge is 0.312 e. The maximum Gasteiger partial charge on any atom is 0.312 e. The van der Waals surface area contributed by atoms with E-state index in [-0.39, 0.29) is 18.0 Å². The Balaban J connectivity index is 2.00. The van der Waals surface area contributed by atoms with Crippen LogP contribution in [0.15, 0.2) is 0 Å². The molecule has 0 spiro atoms. The van der Waals surface area contributed by atoms with Gasteiger partial charge in [0.1, 0.15) is 6.10 Å². The number of ether oxygens (including phenoxy) is 1. The van der Waals surface area contributed by atoms with E-state index in [1.807, 2.05) is 0 Å². The first-order chi connectivity index (χ1) is 6.79. The zero-order chi connectivity index (χ0) is 10.4. The summed E-state index contributed by atoms with van der Waals surface area (Å²) in [7, 11) is 0. The molecule has 0 N–H and O–H groups in total. The van der Waals surface area contributed by atoms with Crippen molar-refractivity contribution in [1.29, 1.82) is 0 Å². The molecule has 0 aromatic carbocycles.